The van der Waals surface area contributed by atoms with Gasteiger partial charge in [0.05, 0.1) is 5.92 Å². The molecule has 8 heteroatoms. The molecule has 3 heterocycles. The first-order valence-electron chi connectivity index (χ1n) is 9.24. The van der Waals surface area contributed by atoms with E-state index in [2.05, 4.69) is 25.3 Å². The molecule has 7 nitrogen and oxygen atoms in total. The van der Waals surface area contributed by atoms with Gasteiger partial charge >= 0.3 is 0 Å². The summed E-state index contributed by atoms with van der Waals surface area (Å²) < 4.78 is 1.69. The van der Waals surface area contributed by atoms with Crippen LogP contribution in [0.5, 0.6) is 0 Å². The highest BCUT2D eigenvalue weighted by molar-refractivity contribution is 6.31. The van der Waals surface area contributed by atoms with E-state index in [0.29, 0.717) is 17.4 Å². The van der Waals surface area contributed by atoms with Crippen molar-refractivity contribution in [2.24, 2.45) is 5.92 Å². The molecule has 3 aromatic rings. The molecule has 1 unspecified atom stereocenters. The van der Waals surface area contributed by atoms with E-state index in [1.54, 1.807) is 16.9 Å². The van der Waals surface area contributed by atoms with E-state index in [4.69, 9.17) is 11.6 Å². The van der Waals surface area contributed by atoms with E-state index in [-0.39, 0.29) is 11.8 Å². The fourth-order valence-electron chi connectivity index (χ4n) is 3.35. The zero-order chi connectivity index (χ0) is 19.5. The number of amides is 1. The third-order valence-electron chi connectivity index (χ3n) is 4.93. The monoisotopic (exact) mass is 396 g/mol. The van der Waals surface area contributed by atoms with E-state index in [1.807, 2.05) is 37.4 Å². The third-order valence-corrected chi connectivity index (χ3v) is 5.34. The van der Waals surface area contributed by atoms with Gasteiger partial charge in [0.1, 0.15) is 12.1 Å². The molecule has 0 spiro atoms. The molecule has 0 radical (unpaired) electrons. The molecule has 0 saturated carbocycles. The Balaban J connectivity index is 1.46. The van der Waals surface area contributed by atoms with Crippen LogP contribution < -0.4 is 10.2 Å². The fraction of sp³-hybridized carbons (Fsp3) is 0.300. The molecule has 1 fully saturated rings. The molecule has 1 aliphatic heterocycles. The predicted molar refractivity (Wildman–Crippen MR) is 109 cm³/mol. The van der Waals surface area contributed by atoms with Gasteiger partial charge in [0.2, 0.25) is 5.91 Å². The summed E-state index contributed by atoms with van der Waals surface area (Å²) in [7, 11) is 0. The van der Waals surface area contributed by atoms with E-state index in [0.717, 1.165) is 36.5 Å². The standard InChI is InChI=1S/C20H21ClN6O/c1-14-5-6-16(10-17(14)21)25-20(28)15-4-2-8-26(12-15)18-11-19(23-13-22-18)27-9-3-7-24-27/h3,5-7,9-11,13,15H,2,4,8,12H2,1H3,(H,25,28). The van der Waals surface area contributed by atoms with Crippen LogP contribution in [0.3, 0.4) is 0 Å². The van der Waals surface area contributed by atoms with Crippen LogP contribution in [-0.4, -0.2) is 38.7 Å². The van der Waals surface area contributed by atoms with Gasteiger partial charge in [0.25, 0.3) is 0 Å². The van der Waals surface area contributed by atoms with Crippen molar-refractivity contribution < 1.29 is 4.79 Å². The second-order valence-electron chi connectivity index (χ2n) is 6.92. The molecule has 1 N–H and O–H groups in total. The van der Waals surface area contributed by atoms with Crippen molar-refractivity contribution in [1.82, 2.24) is 19.7 Å². The highest BCUT2D eigenvalue weighted by Crippen LogP contribution is 2.25. The minimum atomic E-state index is -0.114. The zero-order valence-electron chi connectivity index (χ0n) is 15.5. The zero-order valence-corrected chi connectivity index (χ0v) is 16.3. The van der Waals surface area contributed by atoms with E-state index >= 15 is 0 Å². The molecule has 1 atom stereocenters. The van der Waals surface area contributed by atoms with Crippen molar-refractivity contribution in [3.8, 4) is 5.82 Å². The second kappa shape index (κ2) is 7.98. The number of carbonyl (C=O) groups excluding carboxylic acids is 1. The lowest BCUT2D eigenvalue weighted by Crippen LogP contribution is -2.41. The number of carbonyl (C=O) groups is 1. The van der Waals surface area contributed by atoms with Gasteiger partial charge in [-0.15, -0.1) is 0 Å². The Kier molecular flexibility index (Phi) is 5.25. The fourth-order valence-corrected chi connectivity index (χ4v) is 3.53. The van der Waals surface area contributed by atoms with Crippen molar-refractivity contribution in [3.05, 3.63) is 59.6 Å². The number of anilines is 2. The van der Waals surface area contributed by atoms with Crippen molar-refractivity contribution in [2.75, 3.05) is 23.3 Å². The third kappa shape index (κ3) is 3.99. The SMILES string of the molecule is Cc1ccc(NC(=O)C2CCCN(c3cc(-n4cccn4)ncn3)C2)cc1Cl. The number of piperidine rings is 1. The van der Waals surface area contributed by atoms with Gasteiger partial charge < -0.3 is 10.2 Å². The largest absolute Gasteiger partial charge is 0.356 e. The first-order valence-corrected chi connectivity index (χ1v) is 9.62. The number of benzene rings is 1. The lowest BCUT2D eigenvalue weighted by atomic mass is 9.97. The van der Waals surface area contributed by atoms with Crippen LogP contribution >= 0.6 is 11.6 Å². The Hall–Kier alpha value is -2.93. The van der Waals surface area contributed by atoms with Gasteiger partial charge in [-0.1, -0.05) is 17.7 Å². The van der Waals surface area contributed by atoms with Gasteiger partial charge in [-0.05, 0) is 43.5 Å². The van der Waals surface area contributed by atoms with Crippen molar-refractivity contribution in [1.29, 1.82) is 0 Å². The highest BCUT2D eigenvalue weighted by Gasteiger charge is 2.27. The van der Waals surface area contributed by atoms with Gasteiger partial charge in [-0.25, -0.2) is 14.6 Å². The Labute approximate surface area is 168 Å². The minimum absolute atomic E-state index is 0.00553. The number of rotatable bonds is 4. The molecule has 28 heavy (non-hydrogen) atoms. The molecular weight excluding hydrogens is 376 g/mol. The summed E-state index contributed by atoms with van der Waals surface area (Å²) in [6.45, 7) is 3.41. The van der Waals surface area contributed by atoms with E-state index in [9.17, 15) is 4.79 Å². The van der Waals surface area contributed by atoms with Crippen molar-refractivity contribution in [3.63, 3.8) is 0 Å². The average Bonchev–Trinajstić information content (AvgIpc) is 3.26. The predicted octanol–water partition coefficient (Wildman–Crippen LogP) is 3.48. The maximum absolute atomic E-state index is 12.8. The molecule has 4 rings (SSSR count). The molecule has 2 aromatic heterocycles. The highest BCUT2D eigenvalue weighted by atomic mass is 35.5. The van der Waals surface area contributed by atoms with Crippen LogP contribution in [0.15, 0.2) is 49.1 Å². The summed E-state index contributed by atoms with van der Waals surface area (Å²) in [5.41, 5.74) is 1.71. The second-order valence-corrected chi connectivity index (χ2v) is 7.33. The summed E-state index contributed by atoms with van der Waals surface area (Å²) in [5, 5.41) is 7.85. The molecule has 144 valence electrons. The topological polar surface area (TPSA) is 75.9 Å². The maximum Gasteiger partial charge on any atom is 0.229 e. The molecule has 1 amide bonds. The average molecular weight is 397 g/mol. The van der Waals surface area contributed by atoms with Crippen LogP contribution in [0.25, 0.3) is 5.82 Å². The van der Waals surface area contributed by atoms with Crippen LogP contribution in [0.1, 0.15) is 18.4 Å². The lowest BCUT2D eigenvalue weighted by molar-refractivity contribution is -0.120. The lowest BCUT2D eigenvalue weighted by Gasteiger charge is -2.32. The summed E-state index contributed by atoms with van der Waals surface area (Å²) in [4.78, 5) is 23.6. The van der Waals surface area contributed by atoms with Gasteiger partial charge in [-0.2, -0.15) is 5.10 Å². The molecular formula is C20H21ClN6O. The Morgan fingerprint density at radius 1 is 1.25 bits per heavy atom. The molecule has 0 aliphatic carbocycles. The smallest absolute Gasteiger partial charge is 0.229 e. The Morgan fingerprint density at radius 2 is 2.11 bits per heavy atom. The summed E-state index contributed by atoms with van der Waals surface area (Å²) in [5.74, 6) is 1.40. The number of aromatic nitrogens is 4. The minimum Gasteiger partial charge on any atom is -0.356 e. The normalized spacial score (nSPS) is 16.8. The van der Waals surface area contributed by atoms with Gasteiger partial charge in [0, 0.05) is 42.3 Å². The number of aryl methyl sites for hydroxylation is 1. The summed E-state index contributed by atoms with van der Waals surface area (Å²) >= 11 is 6.16. The van der Waals surface area contributed by atoms with Gasteiger partial charge in [-0.3, -0.25) is 4.79 Å². The summed E-state index contributed by atoms with van der Waals surface area (Å²) in [6, 6.07) is 9.31. The molecule has 1 aromatic carbocycles. The van der Waals surface area contributed by atoms with E-state index in [1.165, 1.54) is 6.33 Å². The molecule has 0 bridgehead atoms. The van der Waals surface area contributed by atoms with Crippen molar-refractivity contribution in [2.45, 2.75) is 19.8 Å². The number of hydrogen-bond donors (Lipinski definition) is 1. The number of nitrogens with one attached hydrogen (secondary N) is 1. The Morgan fingerprint density at radius 3 is 2.89 bits per heavy atom. The number of halogens is 1. The Bertz CT molecular complexity index is 975. The first-order chi connectivity index (χ1) is 13.6. The van der Waals surface area contributed by atoms with Crippen molar-refractivity contribution >= 4 is 29.0 Å². The number of nitrogens with zero attached hydrogens (tertiary/aromatic N) is 5. The molecule has 1 saturated heterocycles. The van der Waals surface area contributed by atoms with Crippen LogP contribution in [0, 0.1) is 12.8 Å². The summed E-state index contributed by atoms with van der Waals surface area (Å²) in [6.07, 6.45) is 6.85. The van der Waals surface area contributed by atoms with E-state index < -0.39 is 0 Å². The maximum atomic E-state index is 12.8. The van der Waals surface area contributed by atoms with Crippen LogP contribution in [-0.2, 0) is 4.79 Å². The quantitative estimate of drug-likeness (QED) is 0.730. The van der Waals surface area contributed by atoms with Gasteiger partial charge in [0.15, 0.2) is 5.82 Å². The number of hydrogen-bond acceptors (Lipinski definition) is 5. The van der Waals surface area contributed by atoms with Crippen LogP contribution in [0.4, 0.5) is 11.5 Å². The molecule has 1 aliphatic rings. The van der Waals surface area contributed by atoms with Crippen LogP contribution in [0.2, 0.25) is 5.02 Å². The first kappa shape index (κ1) is 18.4.